The smallest absolute Gasteiger partial charge is 0.227 e. The number of hydrogen-bond donors (Lipinski definition) is 1. The minimum atomic E-state index is -0.502. The lowest BCUT2D eigenvalue weighted by Gasteiger charge is -2.22. The number of Topliss-reactive ketones (excluding diaryl/α,β-unsaturated/α-hetero) is 1. The zero-order valence-electron chi connectivity index (χ0n) is 19.9. The van der Waals surface area contributed by atoms with Crippen LogP contribution in [0.2, 0.25) is 0 Å². The van der Waals surface area contributed by atoms with Gasteiger partial charge in [-0.05, 0) is 45.6 Å². The Morgan fingerprint density at radius 1 is 1.24 bits per heavy atom. The highest BCUT2D eigenvalue weighted by atomic mass is 16.5. The molecule has 2 aromatic heterocycles. The SMILES string of the molecule is Cc1cnc(Nc2cnn(C3CCOCC3)c2)nc1-c1ccc(C(=O)CCC(C)(C)C#N)cc1. The van der Waals surface area contributed by atoms with Gasteiger partial charge in [-0.2, -0.15) is 10.4 Å². The van der Waals surface area contributed by atoms with Crippen LogP contribution in [0.3, 0.4) is 0 Å². The third-order valence-electron chi connectivity index (χ3n) is 6.15. The molecule has 1 N–H and O–H groups in total. The van der Waals surface area contributed by atoms with Crippen LogP contribution in [0.15, 0.2) is 42.9 Å². The van der Waals surface area contributed by atoms with Crippen LogP contribution in [0.5, 0.6) is 0 Å². The maximum atomic E-state index is 12.5. The van der Waals surface area contributed by atoms with E-state index in [0.717, 1.165) is 48.6 Å². The normalized spacial score (nSPS) is 14.5. The van der Waals surface area contributed by atoms with Gasteiger partial charge in [-0.1, -0.05) is 24.3 Å². The van der Waals surface area contributed by atoms with Crippen LogP contribution in [0.4, 0.5) is 11.6 Å². The Labute approximate surface area is 200 Å². The Morgan fingerprint density at radius 3 is 2.68 bits per heavy atom. The number of anilines is 2. The number of aromatic nitrogens is 4. The molecule has 0 saturated carbocycles. The van der Waals surface area contributed by atoms with Crippen molar-refractivity contribution in [1.82, 2.24) is 19.7 Å². The first-order chi connectivity index (χ1) is 16.3. The largest absolute Gasteiger partial charge is 0.381 e. The van der Waals surface area contributed by atoms with Crippen molar-refractivity contribution in [3.05, 3.63) is 54.0 Å². The average Bonchev–Trinajstić information content (AvgIpc) is 3.33. The Bertz CT molecular complexity index is 1190. The van der Waals surface area contributed by atoms with Crippen molar-refractivity contribution >= 4 is 17.4 Å². The van der Waals surface area contributed by atoms with Gasteiger partial charge in [0.05, 0.1) is 35.1 Å². The van der Waals surface area contributed by atoms with E-state index >= 15 is 0 Å². The third-order valence-corrected chi connectivity index (χ3v) is 6.15. The summed E-state index contributed by atoms with van der Waals surface area (Å²) in [5.41, 5.74) is 3.64. The molecule has 1 saturated heterocycles. The minimum Gasteiger partial charge on any atom is -0.381 e. The number of nitriles is 1. The lowest BCUT2D eigenvalue weighted by molar-refractivity contribution is 0.0662. The predicted octanol–water partition coefficient (Wildman–Crippen LogP) is 5.26. The molecule has 4 rings (SSSR count). The van der Waals surface area contributed by atoms with Crippen molar-refractivity contribution < 1.29 is 9.53 Å². The van der Waals surface area contributed by atoms with Crippen LogP contribution in [0, 0.1) is 23.7 Å². The van der Waals surface area contributed by atoms with Crippen molar-refractivity contribution in [2.24, 2.45) is 5.41 Å². The van der Waals surface area contributed by atoms with Gasteiger partial charge >= 0.3 is 0 Å². The number of carbonyl (C=O) groups is 1. The molecule has 0 atom stereocenters. The van der Waals surface area contributed by atoms with E-state index in [1.54, 1.807) is 12.4 Å². The van der Waals surface area contributed by atoms with E-state index in [4.69, 9.17) is 15.0 Å². The van der Waals surface area contributed by atoms with Gasteiger partial charge in [-0.15, -0.1) is 0 Å². The van der Waals surface area contributed by atoms with Gasteiger partial charge in [0.15, 0.2) is 5.78 Å². The topological polar surface area (TPSA) is 106 Å². The lowest BCUT2D eigenvalue weighted by atomic mass is 9.88. The Morgan fingerprint density at radius 2 is 1.97 bits per heavy atom. The molecule has 1 aliphatic heterocycles. The fourth-order valence-electron chi connectivity index (χ4n) is 3.92. The van der Waals surface area contributed by atoms with Crippen LogP contribution >= 0.6 is 0 Å². The second kappa shape index (κ2) is 10.1. The van der Waals surface area contributed by atoms with Crippen molar-refractivity contribution in [2.45, 2.75) is 52.5 Å². The van der Waals surface area contributed by atoms with E-state index in [1.165, 1.54) is 0 Å². The van der Waals surface area contributed by atoms with E-state index in [0.29, 0.717) is 30.4 Å². The predicted molar refractivity (Wildman–Crippen MR) is 130 cm³/mol. The molecule has 34 heavy (non-hydrogen) atoms. The summed E-state index contributed by atoms with van der Waals surface area (Å²) in [5.74, 6) is 0.532. The molecular weight excluding hydrogens is 428 g/mol. The number of ketones is 1. The summed E-state index contributed by atoms with van der Waals surface area (Å²) in [7, 11) is 0. The maximum absolute atomic E-state index is 12.5. The quantitative estimate of drug-likeness (QED) is 0.459. The summed E-state index contributed by atoms with van der Waals surface area (Å²) in [6.45, 7) is 7.19. The molecule has 3 heterocycles. The van der Waals surface area contributed by atoms with Crippen LogP contribution in [0.25, 0.3) is 11.3 Å². The average molecular weight is 459 g/mol. The maximum Gasteiger partial charge on any atom is 0.227 e. The molecule has 0 radical (unpaired) electrons. The zero-order valence-corrected chi connectivity index (χ0v) is 19.9. The van der Waals surface area contributed by atoms with Gasteiger partial charge in [0.1, 0.15) is 0 Å². The summed E-state index contributed by atoms with van der Waals surface area (Å²) >= 11 is 0. The first-order valence-corrected chi connectivity index (χ1v) is 11.6. The molecule has 1 aromatic carbocycles. The second-order valence-electron chi connectivity index (χ2n) is 9.40. The summed E-state index contributed by atoms with van der Waals surface area (Å²) in [5, 5.41) is 16.9. The van der Waals surface area contributed by atoms with Gasteiger partial charge in [0, 0.05) is 43.2 Å². The number of hydrogen-bond acceptors (Lipinski definition) is 7. The minimum absolute atomic E-state index is 0.0400. The van der Waals surface area contributed by atoms with Crippen LogP contribution < -0.4 is 5.32 Å². The van der Waals surface area contributed by atoms with E-state index < -0.39 is 5.41 Å². The summed E-state index contributed by atoms with van der Waals surface area (Å²) in [6.07, 6.45) is 8.36. The number of rotatable bonds is 8. The van der Waals surface area contributed by atoms with Crippen LogP contribution in [-0.4, -0.2) is 38.7 Å². The number of carbonyl (C=O) groups excluding carboxylic acids is 1. The van der Waals surface area contributed by atoms with E-state index in [-0.39, 0.29) is 5.78 Å². The third kappa shape index (κ3) is 5.67. The highest BCUT2D eigenvalue weighted by Crippen LogP contribution is 2.26. The molecule has 1 fully saturated rings. The zero-order chi connectivity index (χ0) is 24.1. The Balaban J connectivity index is 1.45. The molecule has 0 aliphatic carbocycles. The van der Waals surface area contributed by atoms with Gasteiger partial charge < -0.3 is 10.1 Å². The van der Waals surface area contributed by atoms with Gasteiger partial charge in [-0.3, -0.25) is 9.48 Å². The van der Waals surface area contributed by atoms with E-state index in [2.05, 4.69) is 21.5 Å². The standard InChI is InChI=1S/C26H30N6O2/c1-18-14-28-25(30-21-15-29-32(16-21)22-9-12-34-13-10-22)31-24(18)20-6-4-19(5-7-20)23(33)8-11-26(2,3)17-27/h4-7,14-16,22H,8-13H2,1-3H3,(H,28,30,31). The first kappa shape index (κ1) is 23.6. The lowest BCUT2D eigenvalue weighted by Crippen LogP contribution is -2.19. The molecule has 3 aromatic rings. The number of nitrogens with zero attached hydrogens (tertiary/aromatic N) is 5. The van der Waals surface area contributed by atoms with Crippen LogP contribution in [0.1, 0.15) is 61.5 Å². The van der Waals surface area contributed by atoms with Crippen molar-refractivity contribution in [2.75, 3.05) is 18.5 Å². The van der Waals surface area contributed by atoms with E-state index in [9.17, 15) is 4.79 Å². The Kier molecular flexibility index (Phi) is 7.03. The van der Waals surface area contributed by atoms with Crippen molar-refractivity contribution in [1.29, 1.82) is 5.26 Å². The monoisotopic (exact) mass is 458 g/mol. The molecule has 8 heteroatoms. The fourth-order valence-corrected chi connectivity index (χ4v) is 3.92. The molecule has 176 valence electrons. The molecule has 0 amide bonds. The molecule has 0 unspecified atom stereocenters. The van der Waals surface area contributed by atoms with Crippen molar-refractivity contribution in [3.63, 3.8) is 0 Å². The van der Waals surface area contributed by atoms with Gasteiger partial charge in [-0.25, -0.2) is 9.97 Å². The molecule has 0 spiro atoms. The molecule has 8 nitrogen and oxygen atoms in total. The fraction of sp³-hybridized carbons (Fsp3) is 0.423. The van der Waals surface area contributed by atoms with E-state index in [1.807, 2.05) is 55.9 Å². The second-order valence-corrected chi connectivity index (χ2v) is 9.40. The molecule has 1 aliphatic rings. The first-order valence-electron chi connectivity index (χ1n) is 11.6. The number of aryl methyl sites for hydroxylation is 1. The molecular formula is C26H30N6O2. The highest BCUT2D eigenvalue weighted by Gasteiger charge is 2.19. The number of ether oxygens (including phenoxy) is 1. The summed E-state index contributed by atoms with van der Waals surface area (Å²) < 4.78 is 7.41. The van der Waals surface area contributed by atoms with Gasteiger partial charge in [0.2, 0.25) is 5.95 Å². The number of benzene rings is 1. The Hall–Kier alpha value is -3.57. The van der Waals surface area contributed by atoms with Crippen LogP contribution in [-0.2, 0) is 4.74 Å². The molecule has 0 bridgehead atoms. The highest BCUT2D eigenvalue weighted by molar-refractivity contribution is 5.96. The summed E-state index contributed by atoms with van der Waals surface area (Å²) in [6, 6.07) is 10.1. The van der Waals surface area contributed by atoms with Gasteiger partial charge in [0.25, 0.3) is 0 Å². The van der Waals surface area contributed by atoms with Crippen molar-refractivity contribution in [3.8, 4) is 17.3 Å². The summed E-state index contributed by atoms with van der Waals surface area (Å²) in [4.78, 5) is 21.7. The number of nitrogens with one attached hydrogen (secondary N) is 1.